The van der Waals surface area contributed by atoms with Crippen LogP contribution in [0, 0.1) is 35.5 Å². The van der Waals surface area contributed by atoms with E-state index in [1.54, 1.807) is 0 Å². The van der Waals surface area contributed by atoms with E-state index in [1.807, 2.05) is 0 Å². The Bertz CT molecular complexity index is 535. The molecule has 3 saturated carbocycles. The Balaban J connectivity index is 1.53. The lowest BCUT2D eigenvalue weighted by atomic mass is 9.52. The van der Waals surface area contributed by atoms with Crippen LogP contribution in [0.1, 0.15) is 51.4 Å². The molecule has 0 aromatic rings. The van der Waals surface area contributed by atoms with Crippen LogP contribution in [0.5, 0.6) is 0 Å². The highest BCUT2D eigenvalue weighted by Crippen LogP contribution is 2.62. The van der Waals surface area contributed by atoms with Crippen molar-refractivity contribution in [2.24, 2.45) is 41.4 Å². The van der Waals surface area contributed by atoms with E-state index >= 15 is 0 Å². The van der Waals surface area contributed by atoms with Crippen LogP contribution >= 0.6 is 11.8 Å². The summed E-state index contributed by atoms with van der Waals surface area (Å²) < 4.78 is 0. The second kappa shape index (κ2) is 5.22. The third kappa shape index (κ3) is 1.95. The minimum absolute atomic E-state index is 0.0208. The maximum Gasteiger partial charge on any atom is 0.246 e. The summed E-state index contributed by atoms with van der Waals surface area (Å²) >= 11 is 2.23. The van der Waals surface area contributed by atoms with Crippen molar-refractivity contribution < 1.29 is 9.59 Å². The Labute approximate surface area is 141 Å². The van der Waals surface area contributed by atoms with Crippen LogP contribution < -0.4 is 5.84 Å². The van der Waals surface area contributed by atoms with E-state index < -0.39 is 0 Å². The van der Waals surface area contributed by atoms with Crippen molar-refractivity contribution in [1.29, 1.82) is 0 Å². The summed E-state index contributed by atoms with van der Waals surface area (Å²) in [6.45, 7) is 0. The van der Waals surface area contributed by atoms with Gasteiger partial charge in [-0.25, -0.2) is 10.9 Å². The lowest BCUT2D eigenvalue weighted by Gasteiger charge is -2.60. The number of fused-ring (bicyclic) bond motifs is 2. The maximum absolute atomic E-state index is 12.6. The number of thioether (sulfide) groups is 1. The van der Waals surface area contributed by atoms with Gasteiger partial charge in [0, 0.05) is 22.3 Å². The van der Waals surface area contributed by atoms with Crippen LogP contribution in [0.3, 0.4) is 0 Å². The second-order valence-electron chi connectivity index (χ2n) is 8.39. The lowest BCUT2D eigenvalue weighted by Crippen LogP contribution is -2.65. The molecule has 5 rings (SSSR count). The fraction of sp³-hybridized carbons (Fsp3) is 0.889. The Kier molecular flexibility index (Phi) is 3.35. The van der Waals surface area contributed by atoms with Crippen molar-refractivity contribution in [3.05, 3.63) is 0 Å². The number of amides is 2. The molecule has 2 amide bonds. The predicted molar refractivity (Wildman–Crippen MR) is 89.1 cm³/mol. The van der Waals surface area contributed by atoms with Gasteiger partial charge < -0.3 is 0 Å². The normalized spacial score (nSPS) is 52.0. The number of carbonyl (C=O) groups excluding carboxylic acids is 2. The molecule has 4 nitrogen and oxygen atoms in total. The molecule has 0 aromatic carbocycles. The molecule has 8 unspecified atom stereocenters. The highest BCUT2D eigenvalue weighted by Gasteiger charge is 2.61. The molecule has 0 radical (unpaired) electrons. The fourth-order valence-corrected chi connectivity index (χ4v) is 8.95. The smallest absolute Gasteiger partial charge is 0.246 e. The summed E-state index contributed by atoms with van der Waals surface area (Å²) in [7, 11) is 0. The van der Waals surface area contributed by atoms with E-state index in [4.69, 9.17) is 5.84 Å². The molecule has 5 fully saturated rings. The Hall–Kier alpha value is -0.550. The van der Waals surface area contributed by atoms with Crippen LogP contribution in [-0.4, -0.2) is 27.3 Å². The Morgan fingerprint density at radius 2 is 1.48 bits per heavy atom. The Morgan fingerprint density at radius 1 is 0.783 bits per heavy atom. The van der Waals surface area contributed by atoms with Gasteiger partial charge in [-0.2, -0.15) is 11.8 Å². The summed E-state index contributed by atoms with van der Waals surface area (Å²) in [4.78, 5) is 25.2. The van der Waals surface area contributed by atoms with Gasteiger partial charge in [0.1, 0.15) is 0 Å². The van der Waals surface area contributed by atoms with Gasteiger partial charge in [0.05, 0.1) is 0 Å². The van der Waals surface area contributed by atoms with Gasteiger partial charge in [-0.1, -0.05) is 12.8 Å². The number of rotatable bonds is 0. The van der Waals surface area contributed by atoms with E-state index in [0.29, 0.717) is 17.1 Å². The third-order valence-electron chi connectivity index (χ3n) is 7.63. The van der Waals surface area contributed by atoms with E-state index in [9.17, 15) is 9.59 Å². The minimum atomic E-state index is -0.0916. The zero-order valence-corrected chi connectivity index (χ0v) is 14.3. The molecule has 5 aliphatic rings. The molecule has 5 heteroatoms. The number of piperidine rings is 1. The number of hydrogen-bond donors (Lipinski definition) is 1. The Morgan fingerprint density at radius 3 is 2.26 bits per heavy atom. The summed E-state index contributed by atoms with van der Waals surface area (Å²) in [5.41, 5.74) is 0. The van der Waals surface area contributed by atoms with Crippen LogP contribution in [-0.2, 0) is 9.59 Å². The van der Waals surface area contributed by atoms with Crippen LogP contribution in [0.15, 0.2) is 0 Å². The monoisotopic (exact) mass is 334 g/mol. The van der Waals surface area contributed by atoms with E-state index in [-0.39, 0.29) is 23.7 Å². The number of hydrazine groups is 1. The molecule has 126 valence electrons. The van der Waals surface area contributed by atoms with Crippen molar-refractivity contribution in [2.45, 2.75) is 61.9 Å². The van der Waals surface area contributed by atoms with E-state index in [0.717, 1.165) is 41.4 Å². The molecular weight excluding hydrogens is 308 g/mol. The molecule has 0 bridgehead atoms. The maximum atomic E-state index is 12.6. The van der Waals surface area contributed by atoms with Gasteiger partial charge in [0.2, 0.25) is 11.8 Å². The van der Waals surface area contributed by atoms with Gasteiger partial charge in [-0.05, 0) is 62.2 Å². The number of nitrogens with two attached hydrogens (primary N) is 1. The second-order valence-corrected chi connectivity index (χ2v) is 9.88. The standard InChI is InChI=1S/C18H26N2O2S/c19-20-17(21)11-6-5-10-9-3-1-2-4-13(9)23-14-8-7-12(18(20)22)15(11)16(10)14/h9-16H,1-8,19H2. The average Bonchev–Trinajstić information content (AvgIpc) is 2.59. The molecule has 0 spiro atoms. The number of hydrogen-bond acceptors (Lipinski definition) is 4. The number of carbonyl (C=O) groups is 2. The van der Waals surface area contributed by atoms with Crippen LogP contribution in [0.4, 0.5) is 0 Å². The highest BCUT2D eigenvalue weighted by molar-refractivity contribution is 8.00. The van der Waals surface area contributed by atoms with Gasteiger partial charge in [0.25, 0.3) is 0 Å². The van der Waals surface area contributed by atoms with Crippen molar-refractivity contribution in [3.63, 3.8) is 0 Å². The van der Waals surface area contributed by atoms with Gasteiger partial charge in [-0.15, -0.1) is 0 Å². The molecule has 3 aliphatic carbocycles. The van der Waals surface area contributed by atoms with Crippen molar-refractivity contribution in [1.82, 2.24) is 5.01 Å². The highest BCUT2D eigenvalue weighted by atomic mass is 32.2. The van der Waals surface area contributed by atoms with Gasteiger partial charge in [-0.3, -0.25) is 9.59 Å². The zero-order chi connectivity index (χ0) is 15.7. The fourth-order valence-electron chi connectivity index (χ4n) is 6.82. The first-order chi connectivity index (χ1) is 11.2. The molecular formula is C18H26N2O2S. The van der Waals surface area contributed by atoms with E-state index in [2.05, 4.69) is 11.8 Å². The van der Waals surface area contributed by atoms with Crippen molar-refractivity contribution in [2.75, 3.05) is 0 Å². The summed E-state index contributed by atoms with van der Waals surface area (Å²) in [5, 5.41) is 2.50. The van der Waals surface area contributed by atoms with Crippen molar-refractivity contribution >= 4 is 23.6 Å². The quantitative estimate of drug-likeness (QED) is 0.420. The van der Waals surface area contributed by atoms with Gasteiger partial charge >= 0.3 is 0 Å². The lowest BCUT2D eigenvalue weighted by molar-refractivity contribution is -0.170. The molecule has 2 aliphatic heterocycles. The molecule has 8 atom stereocenters. The number of imide groups is 1. The van der Waals surface area contributed by atoms with E-state index in [1.165, 1.54) is 32.1 Å². The topological polar surface area (TPSA) is 63.4 Å². The SMILES string of the molecule is NN1C(=O)C2CCC3SC4CCCCC4C4CCC(C1=O)C2C34. The van der Waals surface area contributed by atoms with Crippen molar-refractivity contribution in [3.8, 4) is 0 Å². The largest absolute Gasteiger partial charge is 0.273 e. The average molecular weight is 334 g/mol. The molecule has 2 heterocycles. The first-order valence-corrected chi connectivity index (χ1v) is 10.4. The third-order valence-corrected chi connectivity index (χ3v) is 9.47. The number of nitrogens with zero attached hydrogens (tertiary/aromatic N) is 1. The van der Waals surface area contributed by atoms with Crippen LogP contribution in [0.25, 0.3) is 0 Å². The zero-order valence-electron chi connectivity index (χ0n) is 13.5. The molecule has 23 heavy (non-hydrogen) atoms. The molecule has 2 N–H and O–H groups in total. The first-order valence-electron chi connectivity index (χ1n) is 9.45. The minimum Gasteiger partial charge on any atom is -0.273 e. The molecule has 2 saturated heterocycles. The first kappa shape index (κ1) is 14.8. The summed E-state index contributed by atoms with van der Waals surface area (Å²) in [6.07, 6.45) is 9.77. The summed E-state index contributed by atoms with van der Waals surface area (Å²) in [6, 6.07) is 0. The molecule has 0 aromatic heterocycles. The summed E-state index contributed by atoms with van der Waals surface area (Å²) in [5.74, 6) is 8.17. The van der Waals surface area contributed by atoms with Gasteiger partial charge in [0.15, 0.2) is 0 Å². The predicted octanol–water partition coefficient (Wildman–Crippen LogP) is 2.57. The van der Waals surface area contributed by atoms with Crippen LogP contribution in [0.2, 0.25) is 0 Å².